The standard InChI is InChI=1S/C37H46N4O6/c1-23-17-28(11-14-33(23)45-2)25-5-3-24(4-6-25)20-41(35-18-29(15-16-38-35)34-19-32(39-47-34)26-7-8-26)36(43)27-9-12-31(13-10-27)46-37(44)40-21-30(42)22-40/h11,14-19,24-27,30-31,42H,3-10,12-13,20-22H2,1-2H3. The van der Waals surface area contributed by atoms with Crippen molar-refractivity contribution in [3.8, 4) is 17.1 Å². The molecule has 10 nitrogen and oxygen atoms in total. The van der Waals surface area contributed by atoms with Gasteiger partial charge in [-0.1, -0.05) is 17.3 Å². The van der Waals surface area contributed by atoms with Gasteiger partial charge in [0.1, 0.15) is 17.7 Å². The summed E-state index contributed by atoms with van der Waals surface area (Å²) in [4.78, 5) is 34.9. The van der Waals surface area contributed by atoms with E-state index in [-0.39, 0.29) is 24.0 Å². The van der Waals surface area contributed by atoms with Crippen LogP contribution in [0.3, 0.4) is 0 Å². The highest BCUT2D eigenvalue weighted by molar-refractivity contribution is 5.94. The molecular weight excluding hydrogens is 596 g/mol. The highest BCUT2D eigenvalue weighted by Gasteiger charge is 2.36. The van der Waals surface area contributed by atoms with Gasteiger partial charge in [-0.15, -0.1) is 0 Å². The number of aliphatic hydroxyl groups is 1. The van der Waals surface area contributed by atoms with Gasteiger partial charge in [-0.05, 0) is 112 Å². The first-order chi connectivity index (χ1) is 22.8. The smallest absolute Gasteiger partial charge is 0.410 e. The first-order valence-corrected chi connectivity index (χ1v) is 17.4. The maximum atomic E-state index is 14.3. The number of rotatable bonds is 9. The van der Waals surface area contributed by atoms with Crippen molar-refractivity contribution in [1.29, 1.82) is 0 Å². The van der Waals surface area contributed by atoms with Crippen molar-refractivity contribution in [2.75, 3.05) is 31.6 Å². The fraction of sp³-hybridized carbons (Fsp3) is 0.568. The van der Waals surface area contributed by atoms with Crippen molar-refractivity contribution in [3.05, 3.63) is 59.4 Å². The number of benzene rings is 1. The van der Waals surface area contributed by atoms with E-state index in [0.717, 1.165) is 61.1 Å². The number of nitrogens with zero attached hydrogens (tertiary/aromatic N) is 4. The second kappa shape index (κ2) is 13.7. The second-order valence-electron chi connectivity index (χ2n) is 14.1. The summed E-state index contributed by atoms with van der Waals surface area (Å²) in [6.45, 7) is 3.37. The molecule has 4 aliphatic rings. The number of carbonyl (C=O) groups excluding carboxylic acids is 2. The minimum absolute atomic E-state index is 0.0921. The molecule has 0 unspecified atom stereocenters. The zero-order chi connectivity index (χ0) is 32.5. The molecule has 1 aliphatic heterocycles. The van der Waals surface area contributed by atoms with Gasteiger partial charge < -0.3 is 24.0 Å². The maximum absolute atomic E-state index is 14.3. The highest BCUT2D eigenvalue weighted by Crippen LogP contribution is 2.41. The third-order valence-electron chi connectivity index (χ3n) is 10.7. The SMILES string of the molecule is COc1ccc(C2CCC(CN(C(=O)C3CCC(OC(=O)N4CC(O)C4)CC3)c3cc(-c4cc(C5CC5)no4)ccn3)CC2)cc1C. The number of methoxy groups -OCH3 is 1. The van der Waals surface area contributed by atoms with Crippen LogP contribution in [0.4, 0.5) is 10.6 Å². The van der Waals surface area contributed by atoms with E-state index in [1.807, 2.05) is 23.1 Å². The fourth-order valence-electron chi connectivity index (χ4n) is 7.57. The topological polar surface area (TPSA) is 118 Å². The Kier molecular flexibility index (Phi) is 9.21. The van der Waals surface area contributed by atoms with E-state index in [0.29, 0.717) is 74.6 Å². The molecule has 0 radical (unpaired) electrons. The van der Waals surface area contributed by atoms with Crippen molar-refractivity contribution in [2.24, 2.45) is 11.8 Å². The summed E-state index contributed by atoms with van der Waals surface area (Å²) in [5, 5.41) is 13.8. The van der Waals surface area contributed by atoms with Gasteiger partial charge in [-0.3, -0.25) is 9.69 Å². The number of aryl methyl sites for hydroxylation is 1. The number of hydrogen-bond donors (Lipinski definition) is 1. The predicted molar refractivity (Wildman–Crippen MR) is 176 cm³/mol. The summed E-state index contributed by atoms with van der Waals surface area (Å²) < 4.78 is 16.9. The molecular formula is C37H46N4O6. The molecule has 2 aromatic heterocycles. The van der Waals surface area contributed by atoms with E-state index < -0.39 is 6.10 Å². The number of aliphatic hydroxyl groups excluding tert-OH is 1. The summed E-state index contributed by atoms with van der Waals surface area (Å²) in [6, 6.07) is 12.4. The van der Waals surface area contributed by atoms with E-state index in [1.165, 1.54) is 10.5 Å². The predicted octanol–water partition coefficient (Wildman–Crippen LogP) is 6.61. The number of aromatic nitrogens is 2. The maximum Gasteiger partial charge on any atom is 0.410 e. The van der Waals surface area contributed by atoms with E-state index in [1.54, 1.807) is 13.3 Å². The van der Waals surface area contributed by atoms with E-state index in [9.17, 15) is 14.7 Å². The van der Waals surface area contributed by atoms with Crippen molar-refractivity contribution in [3.63, 3.8) is 0 Å². The largest absolute Gasteiger partial charge is 0.496 e. The Bertz CT molecular complexity index is 1560. The van der Waals surface area contributed by atoms with Crippen LogP contribution in [0, 0.1) is 18.8 Å². The van der Waals surface area contributed by atoms with Gasteiger partial charge in [0, 0.05) is 36.2 Å². The average Bonchev–Trinajstić information content (AvgIpc) is 3.81. The fourth-order valence-corrected chi connectivity index (χ4v) is 7.57. The van der Waals surface area contributed by atoms with Crippen LogP contribution in [-0.4, -0.2) is 71.1 Å². The van der Waals surface area contributed by atoms with Crippen LogP contribution < -0.4 is 9.64 Å². The summed E-state index contributed by atoms with van der Waals surface area (Å²) in [5.74, 6) is 3.58. The van der Waals surface area contributed by atoms with Crippen LogP contribution >= 0.6 is 0 Å². The monoisotopic (exact) mass is 642 g/mol. The van der Waals surface area contributed by atoms with E-state index in [2.05, 4.69) is 30.3 Å². The number of ether oxygens (including phenoxy) is 2. The third-order valence-corrected chi connectivity index (χ3v) is 10.7. The Morgan fingerprint density at radius 3 is 2.38 bits per heavy atom. The molecule has 250 valence electrons. The number of pyridine rings is 1. The van der Waals surface area contributed by atoms with E-state index >= 15 is 0 Å². The highest BCUT2D eigenvalue weighted by atomic mass is 16.6. The molecule has 1 N–H and O–H groups in total. The molecule has 10 heteroatoms. The molecule has 0 atom stereocenters. The Hall–Kier alpha value is -3.92. The van der Waals surface area contributed by atoms with Crippen molar-refractivity contribution in [2.45, 2.75) is 95.2 Å². The van der Waals surface area contributed by atoms with Crippen LogP contribution in [0.2, 0.25) is 0 Å². The average molecular weight is 643 g/mol. The molecule has 3 heterocycles. The first kappa shape index (κ1) is 31.7. The number of anilines is 1. The van der Waals surface area contributed by atoms with Gasteiger partial charge in [0.15, 0.2) is 5.76 Å². The lowest BCUT2D eigenvalue weighted by molar-refractivity contribution is -0.124. The summed E-state index contributed by atoms with van der Waals surface area (Å²) >= 11 is 0. The molecule has 1 aromatic carbocycles. The van der Waals surface area contributed by atoms with Gasteiger partial charge in [-0.25, -0.2) is 9.78 Å². The number of hydrogen-bond acceptors (Lipinski definition) is 8. The molecule has 4 fully saturated rings. The molecule has 47 heavy (non-hydrogen) atoms. The molecule has 1 saturated heterocycles. The summed E-state index contributed by atoms with van der Waals surface area (Å²) in [5.41, 5.74) is 4.40. The van der Waals surface area contributed by atoms with Crippen LogP contribution in [0.5, 0.6) is 5.75 Å². The Balaban J connectivity index is 1.04. The minimum atomic E-state index is -0.458. The van der Waals surface area contributed by atoms with Crippen LogP contribution in [0.1, 0.15) is 92.9 Å². The molecule has 3 saturated carbocycles. The quantitative estimate of drug-likeness (QED) is 0.277. The van der Waals surface area contributed by atoms with Crippen molar-refractivity contribution < 1.29 is 28.7 Å². The van der Waals surface area contributed by atoms with Gasteiger partial charge >= 0.3 is 6.09 Å². The molecule has 7 rings (SSSR count). The Labute approximate surface area is 276 Å². The van der Waals surface area contributed by atoms with Crippen molar-refractivity contribution in [1.82, 2.24) is 15.0 Å². The number of amides is 2. The zero-order valence-electron chi connectivity index (χ0n) is 27.5. The Morgan fingerprint density at radius 1 is 0.957 bits per heavy atom. The Morgan fingerprint density at radius 2 is 1.70 bits per heavy atom. The van der Waals surface area contributed by atoms with Gasteiger partial charge in [0.25, 0.3) is 0 Å². The zero-order valence-corrected chi connectivity index (χ0v) is 27.5. The molecule has 3 aliphatic carbocycles. The van der Waals surface area contributed by atoms with Gasteiger partial charge in [0.05, 0.1) is 32.0 Å². The molecule has 0 spiro atoms. The first-order valence-electron chi connectivity index (χ1n) is 17.4. The lowest BCUT2D eigenvalue weighted by atomic mass is 9.78. The summed E-state index contributed by atoms with van der Waals surface area (Å²) in [7, 11) is 1.71. The molecule has 2 amide bonds. The minimum Gasteiger partial charge on any atom is -0.496 e. The summed E-state index contributed by atoms with van der Waals surface area (Å²) in [6.07, 6.45) is 9.89. The molecule has 3 aromatic rings. The number of carbonyl (C=O) groups is 2. The van der Waals surface area contributed by atoms with E-state index in [4.69, 9.17) is 19.0 Å². The van der Waals surface area contributed by atoms with Crippen LogP contribution in [0.25, 0.3) is 11.3 Å². The van der Waals surface area contributed by atoms with Crippen LogP contribution in [-0.2, 0) is 9.53 Å². The third kappa shape index (κ3) is 7.17. The normalized spacial score (nSPS) is 24.8. The molecule has 0 bridgehead atoms. The van der Waals surface area contributed by atoms with Gasteiger partial charge in [0.2, 0.25) is 5.91 Å². The number of likely N-dealkylation sites (tertiary alicyclic amines) is 1. The van der Waals surface area contributed by atoms with Crippen LogP contribution in [0.15, 0.2) is 47.1 Å². The van der Waals surface area contributed by atoms with Gasteiger partial charge in [-0.2, -0.15) is 0 Å². The van der Waals surface area contributed by atoms with Crippen molar-refractivity contribution >= 4 is 17.8 Å². The lowest BCUT2D eigenvalue weighted by Gasteiger charge is -2.38. The number of β-amino-alcohol motifs (C(OH)–C–C–N with tert-alkyl or cyclic N) is 1. The second-order valence-corrected chi connectivity index (χ2v) is 14.1. The lowest BCUT2D eigenvalue weighted by Crippen LogP contribution is -2.54.